The first kappa shape index (κ1) is 27.4. The molecule has 3 N–H and O–H groups in total. The van der Waals surface area contributed by atoms with Crippen LogP contribution >= 0.6 is 24.0 Å². The van der Waals surface area contributed by atoms with Crippen LogP contribution in [0.1, 0.15) is 53.9 Å². The molecule has 3 rings (SSSR count). The van der Waals surface area contributed by atoms with E-state index in [9.17, 15) is 4.79 Å². The number of nitrogens with one attached hydrogen (secondary N) is 3. The van der Waals surface area contributed by atoms with Gasteiger partial charge in [-0.15, -0.1) is 24.0 Å². The molecule has 0 aliphatic heterocycles. The van der Waals surface area contributed by atoms with Crippen LogP contribution in [0.4, 0.5) is 0 Å². The lowest BCUT2D eigenvalue weighted by molar-refractivity contribution is 0.0953. The molecule has 0 saturated heterocycles. The third kappa shape index (κ3) is 8.48. The van der Waals surface area contributed by atoms with Crippen LogP contribution in [0.5, 0.6) is 0 Å². The Morgan fingerprint density at radius 2 is 1.74 bits per heavy atom. The average molecular weight is 575 g/mol. The molecular weight excluding hydrogens is 541 g/mol. The maximum atomic E-state index is 12.1. The molecule has 2 aromatic carbocycles. The van der Waals surface area contributed by atoms with Gasteiger partial charge in [0.15, 0.2) is 5.96 Å². The van der Waals surface area contributed by atoms with Crippen LogP contribution in [0.2, 0.25) is 0 Å². The zero-order chi connectivity index (χ0) is 23.5. The fraction of sp³-hybridized carbons (Fsp3) is 0.346. The number of carbonyl (C=O) groups excluding carboxylic acids is 1. The maximum absolute atomic E-state index is 12.1. The van der Waals surface area contributed by atoms with E-state index in [1.807, 2.05) is 55.5 Å². The zero-order valence-corrected chi connectivity index (χ0v) is 22.4. The molecule has 0 radical (unpaired) electrons. The summed E-state index contributed by atoms with van der Waals surface area (Å²) < 4.78 is 5.63. The van der Waals surface area contributed by atoms with Crippen LogP contribution in [0.25, 0.3) is 11.5 Å². The van der Waals surface area contributed by atoms with Gasteiger partial charge in [0.25, 0.3) is 5.91 Å². The Morgan fingerprint density at radius 3 is 2.41 bits per heavy atom. The number of amides is 1. The number of carbonyl (C=O) groups is 1. The Balaban J connectivity index is 0.00000408. The van der Waals surface area contributed by atoms with Crippen molar-refractivity contribution >= 4 is 35.8 Å². The molecule has 0 unspecified atom stereocenters. The van der Waals surface area contributed by atoms with Crippen LogP contribution in [0, 0.1) is 6.92 Å². The van der Waals surface area contributed by atoms with E-state index in [0.29, 0.717) is 37.0 Å². The third-order valence-electron chi connectivity index (χ3n) is 5.08. The number of unbranched alkanes of at least 4 members (excludes halogenated alkanes) is 1. The number of hydrogen-bond acceptors (Lipinski definition) is 4. The number of aryl methyl sites for hydroxylation is 1. The predicted molar refractivity (Wildman–Crippen MR) is 147 cm³/mol. The second-order valence-electron chi connectivity index (χ2n) is 7.87. The van der Waals surface area contributed by atoms with Gasteiger partial charge in [0.05, 0.1) is 18.8 Å². The lowest BCUT2D eigenvalue weighted by Crippen LogP contribution is -2.36. The van der Waals surface area contributed by atoms with E-state index in [-0.39, 0.29) is 29.9 Å². The number of oxazole rings is 1. The van der Waals surface area contributed by atoms with E-state index < -0.39 is 0 Å². The molecule has 1 aromatic heterocycles. The summed E-state index contributed by atoms with van der Waals surface area (Å²) in [6, 6.07) is 15.6. The van der Waals surface area contributed by atoms with Gasteiger partial charge in [0.1, 0.15) is 6.26 Å². The minimum Gasteiger partial charge on any atom is -0.444 e. The first-order valence-corrected chi connectivity index (χ1v) is 11.5. The molecule has 34 heavy (non-hydrogen) atoms. The summed E-state index contributed by atoms with van der Waals surface area (Å²) in [4.78, 5) is 21.3. The highest BCUT2D eigenvalue weighted by Gasteiger charge is 2.08. The molecule has 0 aliphatic carbocycles. The van der Waals surface area contributed by atoms with E-state index in [0.717, 1.165) is 36.2 Å². The summed E-state index contributed by atoms with van der Waals surface area (Å²) in [5.74, 6) is 1.26. The van der Waals surface area contributed by atoms with Crippen molar-refractivity contribution in [3.8, 4) is 11.5 Å². The summed E-state index contributed by atoms with van der Waals surface area (Å²) in [6.07, 6.45) is 3.71. The quantitative estimate of drug-likeness (QED) is 0.136. The van der Waals surface area contributed by atoms with Crippen LogP contribution < -0.4 is 16.0 Å². The molecule has 0 fully saturated rings. The minimum atomic E-state index is -0.0360. The normalized spacial score (nSPS) is 11.0. The molecule has 7 nitrogen and oxygen atoms in total. The number of benzene rings is 2. The molecule has 0 bridgehead atoms. The van der Waals surface area contributed by atoms with Crippen LogP contribution in [-0.4, -0.2) is 29.9 Å². The van der Waals surface area contributed by atoms with Gasteiger partial charge < -0.3 is 20.4 Å². The third-order valence-corrected chi connectivity index (χ3v) is 5.08. The lowest BCUT2D eigenvalue weighted by Gasteiger charge is -2.10. The van der Waals surface area contributed by atoms with Crippen molar-refractivity contribution in [1.29, 1.82) is 0 Å². The Hall–Kier alpha value is -2.88. The Labute approximate surface area is 218 Å². The Bertz CT molecular complexity index is 1050. The van der Waals surface area contributed by atoms with Crippen LogP contribution in [0.15, 0.2) is 64.2 Å². The number of hydrogen-bond donors (Lipinski definition) is 3. The van der Waals surface area contributed by atoms with E-state index in [1.165, 1.54) is 5.56 Å². The smallest absolute Gasteiger partial charge is 0.251 e. The number of halogens is 1. The monoisotopic (exact) mass is 575 g/mol. The summed E-state index contributed by atoms with van der Waals surface area (Å²) in [5, 5.41) is 9.47. The summed E-state index contributed by atoms with van der Waals surface area (Å²) in [7, 11) is 0. The first-order chi connectivity index (χ1) is 16.1. The highest BCUT2D eigenvalue weighted by molar-refractivity contribution is 14.0. The average Bonchev–Trinajstić information content (AvgIpc) is 3.31. The van der Waals surface area contributed by atoms with Gasteiger partial charge in [-0.1, -0.05) is 43.2 Å². The zero-order valence-electron chi connectivity index (χ0n) is 20.1. The Morgan fingerprint density at radius 1 is 1.00 bits per heavy atom. The fourth-order valence-corrected chi connectivity index (χ4v) is 3.15. The SMILES string of the molecule is CCCCNC(=O)c1ccc(CN=C(NCC)NCc2coc(-c3ccc(C)cc3)n2)cc1.I. The Kier molecular flexibility index (Phi) is 11.6. The summed E-state index contributed by atoms with van der Waals surface area (Å²) in [6.45, 7) is 8.63. The summed E-state index contributed by atoms with van der Waals surface area (Å²) >= 11 is 0. The molecule has 8 heteroatoms. The van der Waals surface area contributed by atoms with Gasteiger partial charge in [-0.05, 0) is 50.1 Å². The number of aromatic nitrogens is 1. The number of rotatable bonds is 10. The molecule has 0 saturated carbocycles. The molecule has 3 aromatic rings. The van der Waals surface area contributed by atoms with Crippen molar-refractivity contribution < 1.29 is 9.21 Å². The minimum absolute atomic E-state index is 0. The van der Waals surface area contributed by atoms with E-state index in [2.05, 4.69) is 39.8 Å². The van der Waals surface area contributed by atoms with Gasteiger partial charge in [-0.25, -0.2) is 9.98 Å². The standard InChI is InChI=1S/C26H33N5O2.HI/c1-4-6-15-28-24(32)21-13-9-20(10-14-21)16-29-26(27-5-2)30-17-23-18-33-25(31-23)22-11-7-19(3)8-12-22;/h7-14,18H,4-6,15-17H2,1-3H3,(H,28,32)(H2,27,29,30);1H. The topological polar surface area (TPSA) is 91.5 Å². The molecule has 1 heterocycles. The van der Waals surface area contributed by atoms with Crippen molar-refractivity contribution in [1.82, 2.24) is 20.9 Å². The van der Waals surface area contributed by atoms with Crippen LogP contribution in [0.3, 0.4) is 0 Å². The number of aliphatic imine (C=N–C) groups is 1. The largest absolute Gasteiger partial charge is 0.444 e. The van der Waals surface area contributed by atoms with Crippen molar-refractivity contribution in [2.75, 3.05) is 13.1 Å². The van der Waals surface area contributed by atoms with Crippen molar-refractivity contribution in [3.63, 3.8) is 0 Å². The van der Waals surface area contributed by atoms with E-state index >= 15 is 0 Å². The number of guanidine groups is 1. The van der Waals surface area contributed by atoms with Crippen molar-refractivity contribution in [3.05, 3.63) is 77.2 Å². The van der Waals surface area contributed by atoms with E-state index in [4.69, 9.17) is 4.42 Å². The van der Waals surface area contributed by atoms with Gasteiger partial charge in [0, 0.05) is 24.2 Å². The molecular formula is C26H34IN5O2. The van der Waals surface area contributed by atoms with Gasteiger partial charge in [-0.3, -0.25) is 4.79 Å². The van der Waals surface area contributed by atoms with Gasteiger partial charge in [0.2, 0.25) is 5.89 Å². The summed E-state index contributed by atoms with van der Waals surface area (Å²) in [5.41, 5.74) is 4.65. The van der Waals surface area contributed by atoms with E-state index in [1.54, 1.807) is 6.26 Å². The fourth-order valence-electron chi connectivity index (χ4n) is 3.15. The van der Waals surface area contributed by atoms with Crippen molar-refractivity contribution in [2.24, 2.45) is 4.99 Å². The molecule has 0 spiro atoms. The first-order valence-electron chi connectivity index (χ1n) is 11.5. The van der Waals surface area contributed by atoms with Gasteiger partial charge >= 0.3 is 0 Å². The van der Waals surface area contributed by atoms with Crippen LogP contribution in [-0.2, 0) is 13.1 Å². The molecule has 1 amide bonds. The van der Waals surface area contributed by atoms with Gasteiger partial charge in [-0.2, -0.15) is 0 Å². The predicted octanol–water partition coefficient (Wildman–Crippen LogP) is 5.05. The highest BCUT2D eigenvalue weighted by atomic mass is 127. The highest BCUT2D eigenvalue weighted by Crippen LogP contribution is 2.19. The second-order valence-corrected chi connectivity index (χ2v) is 7.87. The van der Waals surface area contributed by atoms with Crippen molar-refractivity contribution in [2.45, 2.75) is 46.7 Å². The molecule has 0 aliphatic rings. The second kappa shape index (κ2) is 14.4. The lowest BCUT2D eigenvalue weighted by atomic mass is 10.1. The number of nitrogens with zero attached hydrogens (tertiary/aromatic N) is 2. The molecule has 0 atom stereocenters. The molecule has 182 valence electrons. The maximum Gasteiger partial charge on any atom is 0.251 e.